The summed E-state index contributed by atoms with van der Waals surface area (Å²) in [5.41, 5.74) is 15.7. The maximum absolute atomic E-state index is 2.56. The zero-order valence-electron chi connectivity index (χ0n) is 26.5. The molecule has 5 aromatic rings. The van der Waals surface area contributed by atoms with Gasteiger partial charge in [0.1, 0.15) is 0 Å². The molecule has 0 amide bonds. The largest absolute Gasteiger partial charge is 0.310 e. The van der Waals surface area contributed by atoms with Gasteiger partial charge in [0, 0.05) is 27.8 Å². The van der Waals surface area contributed by atoms with Crippen LogP contribution < -0.4 is 4.90 Å². The van der Waals surface area contributed by atoms with Crippen molar-refractivity contribution in [3.05, 3.63) is 138 Å². The predicted octanol–water partition coefficient (Wildman–Crippen LogP) is 11.6. The van der Waals surface area contributed by atoms with Crippen LogP contribution in [0.5, 0.6) is 0 Å². The van der Waals surface area contributed by atoms with Gasteiger partial charge in [-0.1, -0.05) is 105 Å². The molecule has 3 bridgehead atoms. The lowest BCUT2D eigenvalue weighted by Crippen LogP contribution is -2.50. The molecule has 3 saturated carbocycles. The Morgan fingerprint density at radius 1 is 0.556 bits per heavy atom. The molecule has 1 heteroatoms. The highest BCUT2D eigenvalue weighted by molar-refractivity contribution is 5.96. The van der Waals surface area contributed by atoms with Crippen molar-refractivity contribution in [2.45, 2.75) is 63.2 Å². The standard InChI is InChI=1S/C44H41N/c1-43(2)37-15-8-6-13-34(37)36-26-33(21-22-38(36)43)45(32-11-4-3-5-12-32)41-18-10-17-40-42(41)35-14-7-9-16-39(35)44(40)27-29-20-19-28-23-30(29)25-31(44)24-28/h3-18,21-22,26,28-31H,19-20,23-25,27H2,1-2H3. The zero-order chi connectivity index (χ0) is 29.9. The van der Waals surface area contributed by atoms with Crippen LogP contribution in [0.4, 0.5) is 17.1 Å². The molecule has 3 fully saturated rings. The Bertz CT molecular complexity index is 1980. The van der Waals surface area contributed by atoms with Crippen molar-refractivity contribution in [3.8, 4) is 22.3 Å². The second-order valence-electron chi connectivity index (χ2n) is 15.4. The molecule has 5 aliphatic rings. The van der Waals surface area contributed by atoms with Crippen molar-refractivity contribution in [2.24, 2.45) is 23.7 Å². The lowest BCUT2D eigenvalue weighted by Gasteiger charge is -2.57. The molecular formula is C44H41N. The molecule has 0 aromatic heterocycles. The van der Waals surface area contributed by atoms with E-state index in [9.17, 15) is 0 Å². The van der Waals surface area contributed by atoms with Gasteiger partial charge in [0.05, 0.1) is 5.69 Å². The van der Waals surface area contributed by atoms with Crippen LogP contribution in [0, 0.1) is 23.7 Å². The first-order chi connectivity index (χ1) is 22.0. The van der Waals surface area contributed by atoms with Gasteiger partial charge in [-0.15, -0.1) is 0 Å². The van der Waals surface area contributed by atoms with Crippen LogP contribution in [-0.2, 0) is 10.8 Å². The van der Waals surface area contributed by atoms with Crippen LogP contribution in [0.25, 0.3) is 22.3 Å². The van der Waals surface area contributed by atoms with Crippen molar-refractivity contribution in [2.75, 3.05) is 4.90 Å². The van der Waals surface area contributed by atoms with E-state index in [1.165, 1.54) is 89.0 Å². The summed E-state index contributed by atoms with van der Waals surface area (Å²) in [5, 5.41) is 0. The topological polar surface area (TPSA) is 3.24 Å². The molecule has 5 aromatic carbocycles. The van der Waals surface area contributed by atoms with Crippen molar-refractivity contribution < 1.29 is 0 Å². The van der Waals surface area contributed by atoms with E-state index < -0.39 is 0 Å². The van der Waals surface area contributed by atoms with Crippen LogP contribution in [0.15, 0.2) is 115 Å². The number of para-hydroxylation sites is 1. The second kappa shape index (κ2) is 9.23. The quantitative estimate of drug-likeness (QED) is 0.204. The fourth-order valence-electron chi connectivity index (χ4n) is 11.2. The average molecular weight is 584 g/mol. The van der Waals surface area contributed by atoms with Crippen LogP contribution in [0.2, 0.25) is 0 Å². The summed E-state index contributed by atoms with van der Waals surface area (Å²) < 4.78 is 0. The third kappa shape index (κ3) is 3.45. The predicted molar refractivity (Wildman–Crippen MR) is 187 cm³/mol. The molecule has 222 valence electrons. The fourth-order valence-corrected chi connectivity index (χ4v) is 11.2. The molecule has 0 N–H and O–H groups in total. The summed E-state index contributed by atoms with van der Waals surface area (Å²) in [6.07, 6.45) is 8.54. The van der Waals surface area contributed by atoms with E-state index >= 15 is 0 Å². The summed E-state index contributed by atoms with van der Waals surface area (Å²) in [7, 11) is 0. The van der Waals surface area contributed by atoms with Gasteiger partial charge >= 0.3 is 0 Å². The Labute approximate surface area is 267 Å². The van der Waals surface area contributed by atoms with Crippen LogP contribution in [0.3, 0.4) is 0 Å². The normalized spacial score (nSPS) is 27.5. The molecule has 5 unspecified atom stereocenters. The first-order valence-corrected chi connectivity index (χ1v) is 17.4. The SMILES string of the molecule is CC1(C)c2ccccc2-c2cc(N(c3ccccc3)c3cccc4c3-c3ccccc3C43CC4CCC5CC4CC3C5)ccc21. The lowest BCUT2D eigenvalue weighted by atomic mass is 9.47. The van der Waals surface area contributed by atoms with Crippen molar-refractivity contribution >= 4 is 17.1 Å². The third-order valence-corrected chi connectivity index (χ3v) is 13.0. The van der Waals surface area contributed by atoms with Gasteiger partial charge in [0.15, 0.2) is 0 Å². The Kier molecular flexibility index (Phi) is 5.36. The monoisotopic (exact) mass is 583 g/mol. The van der Waals surface area contributed by atoms with Gasteiger partial charge in [-0.25, -0.2) is 0 Å². The number of anilines is 3. The minimum atomic E-state index is -0.000426. The van der Waals surface area contributed by atoms with Gasteiger partial charge in [-0.3, -0.25) is 0 Å². The van der Waals surface area contributed by atoms with Gasteiger partial charge in [0.2, 0.25) is 0 Å². The van der Waals surface area contributed by atoms with E-state index in [0.29, 0.717) is 0 Å². The molecule has 10 rings (SSSR count). The maximum Gasteiger partial charge on any atom is 0.0543 e. The molecule has 1 spiro atoms. The van der Waals surface area contributed by atoms with E-state index in [1.807, 2.05) is 0 Å². The van der Waals surface area contributed by atoms with E-state index in [4.69, 9.17) is 0 Å². The lowest BCUT2D eigenvalue weighted by molar-refractivity contribution is -0.0103. The Hall–Kier alpha value is -4.10. The first kappa shape index (κ1) is 26.1. The number of hydrogen-bond donors (Lipinski definition) is 0. The minimum Gasteiger partial charge on any atom is -0.310 e. The number of benzene rings is 5. The van der Waals surface area contributed by atoms with Crippen LogP contribution in [0.1, 0.15) is 74.6 Å². The molecule has 0 aliphatic heterocycles. The first-order valence-electron chi connectivity index (χ1n) is 17.4. The molecule has 0 radical (unpaired) electrons. The third-order valence-electron chi connectivity index (χ3n) is 13.0. The smallest absolute Gasteiger partial charge is 0.0543 e. The zero-order valence-corrected chi connectivity index (χ0v) is 26.5. The van der Waals surface area contributed by atoms with Crippen LogP contribution in [-0.4, -0.2) is 0 Å². The molecule has 5 aliphatic carbocycles. The Morgan fingerprint density at radius 3 is 2.16 bits per heavy atom. The number of fused-ring (bicyclic) bond motifs is 11. The molecule has 0 saturated heterocycles. The highest BCUT2D eigenvalue weighted by Crippen LogP contribution is 2.67. The van der Waals surface area contributed by atoms with Crippen molar-refractivity contribution in [3.63, 3.8) is 0 Å². The van der Waals surface area contributed by atoms with E-state index in [0.717, 1.165) is 23.7 Å². The van der Waals surface area contributed by atoms with Gasteiger partial charge in [-0.2, -0.15) is 0 Å². The Balaban J connectivity index is 1.21. The summed E-state index contributed by atoms with van der Waals surface area (Å²) >= 11 is 0. The molecule has 1 nitrogen and oxygen atoms in total. The number of nitrogens with zero attached hydrogens (tertiary/aromatic N) is 1. The van der Waals surface area contributed by atoms with Crippen molar-refractivity contribution in [1.29, 1.82) is 0 Å². The molecule has 5 atom stereocenters. The van der Waals surface area contributed by atoms with E-state index in [2.05, 4.69) is 134 Å². The fraction of sp³-hybridized carbons (Fsp3) is 0.318. The molecule has 45 heavy (non-hydrogen) atoms. The second-order valence-corrected chi connectivity index (χ2v) is 15.4. The van der Waals surface area contributed by atoms with Gasteiger partial charge in [0.25, 0.3) is 0 Å². The van der Waals surface area contributed by atoms with Gasteiger partial charge in [-0.05, 0) is 125 Å². The average Bonchev–Trinajstić information content (AvgIpc) is 3.49. The van der Waals surface area contributed by atoms with Crippen molar-refractivity contribution in [1.82, 2.24) is 0 Å². The summed E-state index contributed by atoms with van der Waals surface area (Å²) in [5.74, 6) is 3.50. The molecular weight excluding hydrogens is 542 g/mol. The van der Waals surface area contributed by atoms with E-state index in [-0.39, 0.29) is 10.8 Å². The van der Waals surface area contributed by atoms with E-state index in [1.54, 1.807) is 11.1 Å². The number of hydrogen-bond acceptors (Lipinski definition) is 1. The van der Waals surface area contributed by atoms with Crippen LogP contribution >= 0.6 is 0 Å². The maximum atomic E-state index is 2.56. The highest BCUT2D eigenvalue weighted by Gasteiger charge is 2.57. The summed E-state index contributed by atoms with van der Waals surface area (Å²) in [6.45, 7) is 4.75. The minimum absolute atomic E-state index is 0.000426. The molecule has 0 heterocycles. The Morgan fingerprint density at radius 2 is 1.29 bits per heavy atom. The highest BCUT2D eigenvalue weighted by atomic mass is 15.1. The summed E-state index contributed by atoms with van der Waals surface area (Å²) in [6, 6.07) is 44.2. The summed E-state index contributed by atoms with van der Waals surface area (Å²) in [4.78, 5) is 2.56. The number of rotatable bonds is 3. The van der Waals surface area contributed by atoms with Gasteiger partial charge < -0.3 is 4.90 Å².